The van der Waals surface area contributed by atoms with Gasteiger partial charge in [-0.05, 0) is 36.9 Å². The molecule has 0 radical (unpaired) electrons. The van der Waals surface area contributed by atoms with Gasteiger partial charge in [-0.1, -0.05) is 25.8 Å². The summed E-state index contributed by atoms with van der Waals surface area (Å²) in [6.45, 7) is 2.58. The molecule has 1 fully saturated rings. The molecule has 1 aromatic rings. The molecule has 0 aliphatic heterocycles. The Labute approximate surface area is 117 Å². The Kier molecular flexibility index (Phi) is 5.02. The van der Waals surface area contributed by atoms with E-state index in [0.717, 1.165) is 12.0 Å². The second-order valence-corrected chi connectivity index (χ2v) is 5.42. The number of halogens is 3. The lowest BCUT2D eigenvalue weighted by atomic mass is 9.73. The van der Waals surface area contributed by atoms with Crippen LogP contribution in [-0.2, 0) is 0 Å². The zero-order valence-corrected chi connectivity index (χ0v) is 11.7. The summed E-state index contributed by atoms with van der Waals surface area (Å²) in [7, 11) is 0. The molecule has 0 aromatic carbocycles. The predicted octanol–water partition coefficient (Wildman–Crippen LogP) is 4.10. The van der Waals surface area contributed by atoms with Crippen LogP contribution in [0.4, 0.5) is 13.2 Å². The Morgan fingerprint density at radius 1 is 1.35 bits per heavy atom. The van der Waals surface area contributed by atoms with Crippen LogP contribution < -0.4 is 5.32 Å². The number of aromatic nitrogens is 1. The van der Waals surface area contributed by atoms with Gasteiger partial charge in [0.1, 0.15) is 0 Å². The molecule has 1 aromatic heterocycles. The van der Waals surface area contributed by atoms with Gasteiger partial charge in [0.05, 0.1) is 5.92 Å². The highest BCUT2D eigenvalue weighted by Crippen LogP contribution is 2.46. The number of nitrogens with zero attached hydrogens (tertiary/aromatic N) is 1. The van der Waals surface area contributed by atoms with Crippen LogP contribution in [0.15, 0.2) is 24.5 Å². The zero-order chi connectivity index (χ0) is 14.6. The van der Waals surface area contributed by atoms with Crippen molar-refractivity contribution in [3.05, 3.63) is 30.1 Å². The van der Waals surface area contributed by atoms with Crippen LogP contribution in [0.1, 0.15) is 44.2 Å². The van der Waals surface area contributed by atoms with Crippen LogP contribution in [-0.4, -0.2) is 17.7 Å². The maximum atomic E-state index is 13.3. The van der Waals surface area contributed by atoms with Crippen molar-refractivity contribution in [2.24, 2.45) is 11.8 Å². The first-order valence-electron chi connectivity index (χ1n) is 7.24. The van der Waals surface area contributed by atoms with Crippen molar-refractivity contribution in [2.75, 3.05) is 6.54 Å². The van der Waals surface area contributed by atoms with Gasteiger partial charge >= 0.3 is 6.18 Å². The van der Waals surface area contributed by atoms with Gasteiger partial charge in [0, 0.05) is 18.4 Å². The van der Waals surface area contributed by atoms with Gasteiger partial charge in [-0.2, -0.15) is 13.2 Å². The highest BCUT2D eigenvalue weighted by Gasteiger charge is 2.47. The van der Waals surface area contributed by atoms with E-state index < -0.39 is 18.0 Å². The number of hydrogen-bond donors (Lipinski definition) is 1. The monoisotopic (exact) mass is 286 g/mol. The normalized spacial score (nSPS) is 25.4. The number of hydrogen-bond acceptors (Lipinski definition) is 2. The molecule has 0 spiro atoms. The molecule has 2 rings (SSSR count). The first-order chi connectivity index (χ1) is 9.54. The Morgan fingerprint density at radius 2 is 2.10 bits per heavy atom. The first kappa shape index (κ1) is 15.3. The van der Waals surface area contributed by atoms with Crippen LogP contribution in [0.25, 0.3) is 0 Å². The molecule has 3 unspecified atom stereocenters. The van der Waals surface area contributed by atoms with Crippen LogP contribution in [0.3, 0.4) is 0 Å². The topological polar surface area (TPSA) is 24.9 Å². The molecule has 0 saturated heterocycles. The number of nitrogens with one attached hydrogen (secondary N) is 1. The average molecular weight is 286 g/mol. The Balaban J connectivity index is 2.26. The average Bonchev–Trinajstić information content (AvgIpc) is 2.45. The highest BCUT2D eigenvalue weighted by atomic mass is 19.4. The van der Waals surface area contributed by atoms with E-state index in [1.165, 1.54) is 0 Å². The zero-order valence-electron chi connectivity index (χ0n) is 11.7. The van der Waals surface area contributed by atoms with Gasteiger partial charge in [-0.3, -0.25) is 4.98 Å². The fraction of sp³-hybridized carbons (Fsp3) is 0.667. The van der Waals surface area contributed by atoms with Gasteiger partial charge in [0.15, 0.2) is 0 Å². The SMILES string of the molecule is CCNC(c1cccnc1)C1CCCCC1C(F)(F)F. The van der Waals surface area contributed by atoms with Crippen LogP contribution >= 0.6 is 0 Å². The van der Waals surface area contributed by atoms with Gasteiger partial charge in [0.25, 0.3) is 0 Å². The molecule has 5 heteroatoms. The fourth-order valence-corrected chi connectivity index (χ4v) is 3.26. The quantitative estimate of drug-likeness (QED) is 0.901. The lowest BCUT2D eigenvalue weighted by Crippen LogP contribution is -2.40. The van der Waals surface area contributed by atoms with Crippen LogP contribution in [0, 0.1) is 11.8 Å². The van der Waals surface area contributed by atoms with Crippen molar-refractivity contribution in [3.8, 4) is 0 Å². The molecule has 0 bridgehead atoms. The van der Waals surface area contributed by atoms with E-state index in [-0.39, 0.29) is 12.5 Å². The van der Waals surface area contributed by atoms with E-state index >= 15 is 0 Å². The fourth-order valence-electron chi connectivity index (χ4n) is 3.26. The lowest BCUT2D eigenvalue weighted by molar-refractivity contribution is -0.199. The lowest BCUT2D eigenvalue weighted by Gasteiger charge is -2.38. The second-order valence-electron chi connectivity index (χ2n) is 5.42. The van der Waals surface area contributed by atoms with Gasteiger partial charge in [-0.15, -0.1) is 0 Å². The van der Waals surface area contributed by atoms with E-state index in [9.17, 15) is 13.2 Å². The Bertz CT molecular complexity index is 405. The third-order valence-electron chi connectivity index (χ3n) is 4.14. The number of rotatable bonds is 4. The van der Waals surface area contributed by atoms with E-state index in [1.54, 1.807) is 18.5 Å². The molecule has 3 atom stereocenters. The summed E-state index contributed by atoms with van der Waals surface area (Å²) in [5.74, 6) is -1.60. The molecular formula is C15H21F3N2. The van der Waals surface area contributed by atoms with E-state index in [4.69, 9.17) is 0 Å². The van der Waals surface area contributed by atoms with Crippen LogP contribution in [0.5, 0.6) is 0 Å². The number of pyridine rings is 1. The summed E-state index contributed by atoms with van der Waals surface area (Å²) in [5.41, 5.74) is 0.857. The summed E-state index contributed by atoms with van der Waals surface area (Å²) in [4.78, 5) is 4.05. The standard InChI is InChI=1S/C15H21F3N2/c1-2-20-14(11-6-5-9-19-10-11)12-7-3-4-8-13(12)15(16,17)18/h5-6,9-10,12-14,20H,2-4,7-8H2,1H3. The van der Waals surface area contributed by atoms with Crippen molar-refractivity contribution >= 4 is 0 Å². The van der Waals surface area contributed by atoms with Gasteiger partial charge in [-0.25, -0.2) is 0 Å². The van der Waals surface area contributed by atoms with Gasteiger partial charge in [0.2, 0.25) is 0 Å². The first-order valence-corrected chi connectivity index (χ1v) is 7.24. The van der Waals surface area contributed by atoms with Crippen molar-refractivity contribution in [1.82, 2.24) is 10.3 Å². The molecule has 1 aliphatic carbocycles. The summed E-state index contributed by atoms with van der Waals surface area (Å²) < 4.78 is 39.8. The summed E-state index contributed by atoms with van der Waals surface area (Å²) in [5, 5.41) is 3.23. The maximum absolute atomic E-state index is 13.3. The molecule has 0 amide bonds. The van der Waals surface area contributed by atoms with Crippen molar-refractivity contribution in [3.63, 3.8) is 0 Å². The van der Waals surface area contributed by atoms with Crippen LogP contribution in [0.2, 0.25) is 0 Å². The molecule has 20 heavy (non-hydrogen) atoms. The second kappa shape index (κ2) is 6.57. The van der Waals surface area contributed by atoms with Crippen molar-refractivity contribution in [1.29, 1.82) is 0 Å². The third-order valence-corrected chi connectivity index (χ3v) is 4.14. The minimum atomic E-state index is -4.11. The molecule has 2 nitrogen and oxygen atoms in total. The van der Waals surface area contributed by atoms with E-state index in [1.807, 2.05) is 13.0 Å². The molecule has 112 valence electrons. The van der Waals surface area contributed by atoms with Crippen molar-refractivity contribution < 1.29 is 13.2 Å². The molecular weight excluding hydrogens is 265 g/mol. The van der Waals surface area contributed by atoms with E-state index in [0.29, 0.717) is 19.4 Å². The summed E-state index contributed by atoms with van der Waals surface area (Å²) in [6, 6.07) is 3.38. The summed E-state index contributed by atoms with van der Waals surface area (Å²) >= 11 is 0. The highest BCUT2D eigenvalue weighted by molar-refractivity contribution is 5.16. The van der Waals surface area contributed by atoms with Crippen molar-refractivity contribution in [2.45, 2.75) is 44.8 Å². The maximum Gasteiger partial charge on any atom is 0.392 e. The van der Waals surface area contributed by atoms with Gasteiger partial charge < -0.3 is 5.32 Å². The predicted molar refractivity (Wildman–Crippen MR) is 72.2 cm³/mol. The summed E-state index contributed by atoms with van der Waals surface area (Å²) in [6.07, 6.45) is 1.63. The smallest absolute Gasteiger partial charge is 0.310 e. The molecule has 1 saturated carbocycles. The third kappa shape index (κ3) is 3.51. The minimum Gasteiger partial charge on any atom is -0.310 e. The molecule has 1 aliphatic rings. The Morgan fingerprint density at radius 3 is 2.70 bits per heavy atom. The minimum absolute atomic E-state index is 0.246. The molecule has 1 heterocycles. The largest absolute Gasteiger partial charge is 0.392 e. The Hall–Kier alpha value is -1.10. The number of alkyl halides is 3. The van der Waals surface area contributed by atoms with E-state index in [2.05, 4.69) is 10.3 Å². The molecule has 1 N–H and O–H groups in total.